The Morgan fingerprint density at radius 1 is 1.38 bits per heavy atom. The van der Waals surface area contributed by atoms with Gasteiger partial charge in [-0.15, -0.1) is 0 Å². The largest absolute Gasteiger partial charge is 0.327 e. The monoisotopic (exact) mass is 221 g/mol. The van der Waals surface area contributed by atoms with Crippen molar-refractivity contribution in [3.63, 3.8) is 0 Å². The summed E-state index contributed by atoms with van der Waals surface area (Å²) in [6, 6.07) is 0.0733. The van der Waals surface area contributed by atoms with Crippen LogP contribution in [0.25, 0.3) is 0 Å². The molecule has 16 heavy (non-hydrogen) atoms. The number of ketones is 1. The first-order chi connectivity index (χ1) is 7.64. The highest BCUT2D eigenvalue weighted by molar-refractivity contribution is 6.00. The standard InChI is InChI=1S/C14H23NO/c1-14(10-6-9-12(14)15)13(16)11-7-4-2-3-5-8-11/h7,12H,2-6,8-10,15H2,1H3. The minimum atomic E-state index is -0.268. The maximum Gasteiger partial charge on any atom is 0.165 e. The van der Waals surface area contributed by atoms with Crippen LogP contribution in [-0.4, -0.2) is 11.8 Å². The lowest BCUT2D eigenvalue weighted by molar-refractivity contribution is -0.124. The van der Waals surface area contributed by atoms with Crippen LogP contribution in [0.2, 0.25) is 0 Å². The van der Waals surface area contributed by atoms with Crippen LogP contribution in [0.15, 0.2) is 11.6 Å². The molecule has 0 aromatic heterocycles. The van der Waals surface area contributed by atoms with Gasteiger partial charge in [-0.2, -0.15) is 0 Å². The van der Waals surface area contributed by atoms with Crippen molar-refractivity contribution < 1.29 is 4.79 Å². The molecule has 2 nitrogen and oxygen atoms in total. The zero-order valence-corrected chi connectivity index (χ0v) is 10.3. The molecule has 1 fully saturated rings. The van der Waals surface area contributed by atoms with E-state index in [0.717, 1.165) is 37.7 Å². The molecule has 0 aromatic carbocycles. The van der Waals surface area contributed by atoms with Crippen molar-refractivity contribution in [2.45, 2.75) is 64.3 Å². The molecule has 2 aliphatic rings. The van der Waals surface area contributed by atoms with Gasteiger partial charge in [0.1, 0.15) is 0 Å². The summed E-state index contributed by atoms with van der Waals surface area (Å²) >= 11 is 0. The third-order valence-electron chi connectivity index (χ3n) is 4.38. The summed E-state index contributed by atoms with van der Waals surface area (Å²) in [6.07, 6.45) is 11.0. The summed E-state index contributed by atoms with van der Waals surface area (Å²) < 4.78 is 0. The van der Waals surface area contributed by atoms with E-state index < -0.39 is 0 Å². The smallest absolute Gasteiger partial charge is 0.165 e. The molecule has 0 radical (unpaired) electrons. The van der Waals surface area contributed by atoms with E-state index in [1.54, 1.807) is 0 Å². The summed E-state index contributed by atoms with van der Waals surface area (Å²) in [6.45, 7) is 2.07. The molecule has 0 bridgehead atoms. The SMILES string of the molecule is CC1(C(=O)C2=CCCCCC2)CCCC1N. The van der Waals surface area contributed by atoms with Crippen molar-refractivity contribution in [1.82, 2.24) is 0 Å². The molecule has 2 aliphatic carbocycles. The Morgan fingerprint density at radius 3 is 2.88 bits per heavy atom. The highest BCUT2D eigenvalue weighted by Gasteiger charge is 2.43. The Bertz CT molecular complexity index is 308. The number of rotatable bonds is 2. The second-order valence-corrected chi connectivity index (χ2v) is 5.57. The average Bonchev–Trinajstić information content (AvgIpc) is 2.53. The van der Waals surface area contributed by atoms with E-state index >= 15 is 0 Å². The molecular formula is C14H23NO. The third-order valence-corrected chi connectivity index (χ3v) is 4.38. The maximum atomic E-state index is 12.5. The molecule has 0 heterocycles. The topological polar surface area (TPSA) is 43.1 Å². The zero-order valence-electron chi connectivity index (χ0n) is 10.3. The first-order valence-electron chi connectivity index (χ1n) is 6.64. The Kier molecular flexibility index (Phi) is 3.48. The van der Waals surface area contributed by atoms with Gasteiger partial charge in [0.15, 0.2) is 5.78 Å². The second kappa shape index (κ2) is 4.70. The minimum absolute atomic E-state index is 0.0733. The Labute approximate surface area is 98.3 Å². The quantitative estimate of drug-likeness (QED) is 0.779. The van der Waals surface area contributed by atoms with E-state index in [2.05, 4.69) is 13.0 Å². The average molecular weight is 221 g/mol. The van der Waals surface area contributed by atoms with Crippen molar-refractivity contribution >= 4 is 5.78 Å². The first kappa shape index (κ1) is 11.8. The van der Waals surface area contributed by atoms with Crippen molar-refractivity contribution in [3.8, 4) is 0 Å². The number of Topliss-reactive ketones (excluding diaryl/α,β-unsaturated/α-hetero) is 1. The van der Waals surface area contributed by atoms with Gasteiger partial charge in [-0.3, -0.25) is 4.79 Å². The lowest BCUT2D eigenvalue weighted by atomic mass is 9.77. The van der Waals surface area contributed by atoms with Gasteiger partial charge in [0, 0.05) is 11.5 Å². The van der Waals surface area contributed by atoms with Gasteiger partial charge in [0.05, 0.1) is 0 Å². The van der Waals surface area contributed by atoms with Crippen LogP contribution in [-0.2, 0) is 4.79 Å². The van der Waals surface area contributed by atoms with Crippen LogP contribution in [0.4, 0.5) is 0 Å². The lowest BCUT2D eigenvalue weighted by Crippen LogP contribution is -2.41. The summed E-state index contributed by atoms with van der Waals surface area (Å²) in [5.41, 5.74) is 6.91. The van der Waals surface area contributed by atoms with Crippen LogP contribution in [0.5, 0.6) is 0 Å². The van der Waals surface area contributed by atoms with E-state index in [-0.39, 0.29) is 11.5 Å². The second-order valence-electron chi connectivity index (χ2n) is 5.57. The predicted octanol–water partition coefficient (Wildman–Crippen LogP) is 2.96. The van der Waals surface area contributed by atoms with E-state index in [1.165, 1.54) is 19.3 Å². The van der Waals surface area contributed by atoms with E-state index in [4.69, 9.17) is 5.73 Å². The van der Waals surface area contributed by atoms with Crippen molar-refractivity contribution in [3.05, 3.63) is 11.6 Å². The number of hydrogen-bond acceptors (Lipinski definition) is 2. The fraction of sp³-hybridized carbons (Fsp3) is 0.786. The lowest BCUT2D eigenvalue weighted by Gasteiger charge is -2.28. The van der Waals surface area contributed by atoms with Gasteiger partial charge in [-0.25, -0.2) is 0 Å². The van der Waals surface area contributed by atoms with Gasteiger partial charge in [0.2, 0.25) is 0 Å². The van der Waals surface area contributed by atoms with Crippen molar-refractivity contribution in [2.75, 3.05) is 0 Å². The summed E-state index contributed by atoms with van der Waals surface area (Å²) in [5, 5.41) is 0. The molecule has 0 amide bonds. The molecule has 90 valence electrons. The third kappa shape index (κ3) is 2.08. The normalized spacial score (nSPS) is 35.6. The molecule has 0 aliphatic heterocycles. The number of hydrogen-bond donors (Lipinski definition) is 1. The number of carbonyl (C=O) groups is 1. The van der Waals surface area contributed by atoms with Crippen LogP contribution < -0.4 is 5.73 Å². The first-order valence-corrected chi connectivity index (χ1v) is 6.64. The maximum absolute atomic E-state index is 12.5. The van der Waals surface area contributed by atoms with E-state index in [9.17, 15) is 4.79 Å². The van der Waals surface area contributed by atoms with Crippen molar-refractivity contribution in [2.24, 2.45) is 11.1 Å². The summed E-state index contributed by atoms with van der Waals surface area (Å²) in [5.74, 6) is 0.347. The number of nitrogens with two attached hydrogens (primary N) is 1. The van der Waals surface area contributed by atoms with Gasteiger partial charge in [-0.05, 0) is 44.1 Å². The van der Waals surface area contributed by atoms with Gasteiger partial charge in [-0.1, -0.05) is 25.8 Å². The number of carbonyl (C=O) groups excluding carboxylic acids is 1. The molecule has 1 saturated carbocycles. The Hall–Kier alpha value is -0.630. The summed E-state index contributed by atoms with van der Waals surface area (Å²) in [4.78, 5) is 12.5. The highest BCUT2D eigenvalue weighted by Crippen LogP contribution is 2.40. The van der Waals surface area contributed by atoms with Crippen LogP contribution >= 0.6 is 0 Å². The van der Waals surface area contributed by atoms with Gasteiger partial charge < -0.3 is 5.73 Å². The van der Waals surface area contributed by atoms with Crippen LogP contribution in [0.3, 0.4) is 0 Å². The van der Waals surface area contributed by atoms with Gasteiger partial charge in [0.25, 0.3) is 0 Å². The van der Waals surface area contributed by atoms with Crippen LogP contribution in [0, 0.1) is 5.41 Å². The highest BCUT2D eigenvalue weighted by atomic mass is 16.1. The Balaban J connectivity index is 2.14. The number of allylic oxidation sites excluding steroid dienone is 2. The molecule has 0 spiro atoms. The Morgan fingerprint density at radius 2 is 2.19 bits per heavy atom. The fourth-order valence-corrected chi connectivity index (χ4v) is 3.06. The zero-order chi connectivity index (χ0) is 11.6. The summed E-state index contributed by atoms with van der Waals surface area (Å²) in [7, 11) is 0. The molecule has 2 heteroatoms. The molecular weight excluding hydrogens is 198 g/mol. The molecule has 2 unspecified atom stereocenters. The molecule has 2 N–H and O–H groups in total. The van der Waals surface area contributed by atoms with Gasteiger partial charge >= 0.3 is 0 Å². The fourth-order valence-electron chi connectivity index (χ4n) is 3.06. The van der Waals surface area contributed by atoms with Crippen LogP contribution in [0.1, 0.15) is 58.3 Å². The molecule has 0 saturated heterocycles. The predicted molar refractivity (Wildman–Crippen MR) is 66.1 cm³/mol. The van der Waals surface area contributed by atoms with E-state index in [0.29, 0.717) is 5.78 Å². The van der Waals surface area contributed by atoms with Crippen molar-refractivity contribution in [1.29, 1.82) is 0 Å². The molecule has 2 rings (SSSR count). The van der Waals surface area contributed by atoms with E-state index in [1.807, 2.05) is 0 Å². The molecule has 0 aromatic rings. The molecule has 2 atom stereocenters. The minimum Gasteiger partial charge on any atom is -0.327 e.